The van der Waals surface area contributed by atoms with E-state index in [0.717, 1.165) is 11.8 Å². The topological polar surface area (TPSA) is 83.7 Å². The second-order valence-electron chi connectivity index (χ2n) is 5.41. The van der Waals surface area contributed by atoms with E-state index in [1.807, 2.05) is 6.07 Å². The molecular formula is C19H13BrFN3O3S. The van der Waals surface area contributed by atoms with Crippen LogP contribution in [-0.4, -0.2) is 24.8 Å². The number of nitrogens with one attached hydrogen (secondary N) is 1. The van der Waals surface area contributed by atoms with E-state index in [2.05, 4.69) is 26.2 Å². The summed E-state index contributed by atoms with van der Waals surface area (Å²) in [5, 5.41) is 11.6. The van der Waals surface area contributed by atoms with Gasteiger partial charge in [0, 0.05) is 0 Å². The molecule has 0 saturated carbocycles. The fourth-order valence-electron chi connectivity index (χ4n) is 2.35. The highest BCUT2D eigenvalue weighted by atomic mass is 79.9. The molecule has 1 fully saturated rings. The van der Waals surface area contributed by atoms with Crippen molar-refractivity contribution in [3.8, 4) is 17.6 Å². The SMILES string of the molecule is COc1cc(/C=C2\SC(=Nc3ccccc3F)NC2=O)cc(Br)c1OCC#N. The van der Waals surface area contributed by atoms with E-state index in [9.17, 15) is 9.18 Å². The number of thioether (sulfide) groups is 1. The lowest BCUT2D eigenvalue weighted by atomic mass is 10.2. The standard InChI is InChI=1S/C19H13BrFN3O3S/c1-26-15-9-11(8-12(20)17(15)27-7-6-22)10-16-18(25)24-19(28-16)23-14-5-3-2-4-13(14)21/h2-5,8-10H,7H2,1H3,(H,23,24,25)/b16-10-. The van der Waals surface area contributed by atoms with Gasteiger partial charge in [-0.3, -0.25) is 4.79 Å². The van der Waals surface area contributed by atoms with Gasteiger partial charge in [0.05, 0.1) is 16.5 Å². The van der Waals surface area contributed by atoms with Crippen molar-refractivity contribution in [1.29, 1.82) is 5.26 Å². The van der Waals surface area contributed by atoms with Crippen molar-refractivity contribution < 1.29 is 18.7 Å². The zero-order chi connectivity index (χ0) is 20.1. The summed E-state index contributed by atoms with van der Waals surface area (Å²) in [4.78, 5) is 16.8. The lowest BCUT2D eigenvalue weighted by Crippen LogP contribution is -2.19. The molecule has 1 N–H and O–H groups in total. The minimum absolute atomic E-state index is 0.122. The molecule has 1 aliphatic heterocycles. The minimum atomic E-state index is -0.469. The van der Waals surface area contributed by atoms with Gasteiger partial charge in [0.25, 0.3) is 5.91 Å². The zero-order valence-electron chi connectivity index (χ0n) is 14.5. The number of halogens is 2. The van der Waals surface area contributed by atoms with Crippen LogP contribution >= 0.6 is 27.7 Å². The number of nitriles is 1. The van der Waals surface area contributed by atoms with Gasteiger partial charge in [0.15, 0.2) is 23.3 Å². The number of hydrogen-bond donors (Lipinski definition) is 1. The molecular weight excluding hydrogens is 449 g/mol. The Balaban J connectivity index is 1.88. The molecule has 2 aromatic rings. The van der Waals surface area contributed by atoms with E-state index < -0.39 is 5.82 Å². The van der Waals surface area contributed by atoms with Gasteiger partial charge in [0.1, 0.15) is 17.6 Å². The third kappa shape index (κ3) is 4.52. The second-order valence-corrected chi connectivity index (χ2v) is 7.30. The molecule has 0 bridgehead atoms. The first kappa shape index (κ1) is 19.9. The summed E-state index contributed by atoms with van der Waals surface area (Å²) < 4.78 is 25.0. The first-order chi connectivity index (χ1) is 13.5. The summed E-state index contributed by atoms with van der Waals surface area (Å²) in [5.74, 6) is 0.0144. The largest absolute Gasteiger partial charge is 0.493 e. The number of rotatable bonds is 5. The smallest absolute Gasteiger partial charge is 0.264 e. The van der Waals surface area contributed by atoms with Crippen molar-refractivity contribution in [2.45, 2.75) is 0 Å². The van der Waals surface area contributed by atoms with Crippen molar-refractivity contribution in [3.63, 3.8) is 0 Å². The number of nitrogens with zero attached hydrogens (tertiary/aromatic N) is 2. The van der Waals surface area contributed by atoms with Crippen LogP contribution in [0.25, 0.3) is 6.08 Å². The number of carbonyl (C=O) groups is 1. The highest BCUT2D eigenvalue weighted by Gasteiger charge is 2.24. The average molecular weight is 462 g/mol. The Morgan fingerprint density at radius 3 is 2.89 bits per heavy atom. The molecule has 0 atom stereocenters. The maximum absolute atomic E-state index is 13.7. The summed E-state index contributed by atoms with van der Waals surface area (Å²) in [6, 6.07) is 11.4. The predicted molar refractivity (Wildman–Crippen MR) is 109 cm³/mol. The molecule has 2 aromatic carbocycles. The Kier molecular flexibility index (Phi) is 6.34. The number of benzene rings is 2. The van der Waals surface area contributed by atoms with Crippen molar-refractivity contribution in [2.24, 2.45) is 4.99 Å². The molecule has 9 heteroatoms. The van der Waals surface area contributed by atoms with Crippen LogP contribution in [0.3, 0.4) is 0 Å². The van der Waals surface area contributed by atoms with Crippen LogP contribution in [-0.2, 0) is 4.79 Å². The van der Waals surface area contributed by atoms with Gasteiger partial charge >= 0.3 is 0 Å². The molecule has 6 nitrogen and oxygen atoms in total. The summed E-state index contributed by atoms with van der Waals surface area (Å²) in [7, 11) is 1.48. The summed E-state index contributed by atoms with van der Waals surface area (Å²) in [6.07, 6.45) is 1.66. The Labute approximate surface area is 173 Å². The van der Waals surface area contributed by atoms with Crippen molar-refractivity contribution in [3.05, 3.63) is 57.2 Å². The molecule has 0 spiro atoms. The van der Waals surface area contributed by atoms with E-state index in [1.54, 1.807) is 30.3 Å². The van der Waals surface area contributed by atoms with E-state index in [0.29, 0.717) is 31.6 Å². The third-order valence-electron chi connectivity index (χ3n) is 3.56. The number of amidine groups is 1. The van der Waals surface area contributed by atoms with Gasteiger partial charge in [-0.2, -0.15) is 5.26 Å². The number of para-hydroxylation sites is 1. The van der Waals surface area contributed by atoms with Crippen molar-refractivity contribution in [1.82, 2.24) is 5.32 Å². The Bertz CT molecular complexity index is 1030. The molecule has 1 amide bonds. The average Bonchev–Trinajstić information content (AvgIpc) is 3.01. The number of amides is 1. The van der Waals surface area contributed by atoms with Crippen LogP contribution in [0.15, 0.2) is 50.8 Å². The van der Waals surface area contributed by atoms with Gasteiger partial charge in [-0.15, -0.1) is 0 Å². The molecule has 0 unspecified atom stereocenters. The maximum Gasteiger partial charge on any atom is 0.264 e. The molecule has 1 aliphatic rings. The molecule has 0 aromatic heterocycles. The third-order valence-corrected chi connectivity index (χ3v) is 5.05. The number of ether oxygens (including phenoxy) is 2. The Morgan fingerprint density at radius 2 is 2.18 bits per heavy atom. The highest BCUT2D eigenvalue weighted by molar-refractivity contribution is 9.10. The quantitative estimate of drug-likeness (QED) is 0.667. The number of methoxy groups -OCH3 is 1. The van der Waals surface area contributed by atoms with Crippen molar-refractivity contribution in [2.75, 3.05) is 13.7 Å². The molecule has 0 radical (unpaired) electrons. The fourth-order valence-corrected chi connectivity index (χ4v) is 3.76. The Morgan fingerprint density at radius 1 is 1.39 bits per heavy atom. The van der Waals surface area contributed by atoms with E-state index in [1.165, 1.54) is 19.2 Å². The monoisotopic (exact) mass is 461 g/mol. The Hall–Kier alpha value is -2.83. The minimum Gasteiger partial charge on any atom is -0.493 e. The second kappa shape index (κ2) is 8.91. The van der Waals surface area contributed by atoms with Crippen LogP contribution in [0.2, 0.25) is 0 Å². The van der Waals surface area contributed by atoms with Crippen LogP contribution in [0.1, 0.15) is 5.56 Å². The normalized spacial score (nSPS) is 16.1. The van der Waals surface area contributed by atoms with Gasteiger partial charge in [0.2, 0.25) is 0 Å². The zero-order valence-corrected chi connectivity index (χ0v) is 16.9. The molecule has 1 heterocycles. The van der Waals surface area contributed by atoms with E-state index >= 15 is 0 Å². The van der Waals surface area contributed by atoms with E-state index in [4.69, 9.17) is 14.7 Å². The van der Waals surface area contributed by atoms with Crippen LogP contribution in [0.4, 0.5) is 10.1 Å². The highest BCUT2D eigenvalue weighted by Crippen LogP contribution is 2.38. The predicted octanol–water partition coefficient (Wildman–Crippen LogP) is 4.39. The molecule has 0 aliphatic carbocycles. The molecule has 1 saturated heterocycles. The summed E-state index contributed by atoms with van der Waals surface area (Å²) in [5.41, 5.74) is 0.827. The van der Waals surface area contributed by atoms with Gasteiger partial charge in [-0.05, 0) is 63.6 Å². The molecule has 28 heavy (non-hydrogen) atoms. The van der Waals surface area contributed by atoms with Gasteiger partial charge in [-0.25, -0.2) is 9.38 Å². The van der Waals surface area contributed by atoms with Crippen LogP contribution in [0.5, 0.6) is 11.5 Å². The lowest BCUT2D eigenvalue weighted by Gasteiger charge is -2.11. The van der Waals surface area contributed by atoms with Crippen LogP contribution < -0.4 is 14.8 Å². The first-order valence-electron chi connectivity index (χ1n) is 7.93. The number of aliphatic imine (C=N–C) groups is 1. The number of hydrogen-bond acceptors (Lipinski definition) is 6. The van der Waals surface area contributed by atoms with Crippen molar-refractivity contribution >= 4 is 50.5 Å². The van der Waals surface area contributed by atoms with Crippen LogP contribution in [0, 0.1) is 17.1 Å². The molecule has 142 valence electrons. The molecule has 3 rings (SSSR count). The maximum atomic E-state index is 13.7. The first-order valence-corrected chi connectivity index (χ1v) is 9.54. The van der Waals surface area contributed by atoms with Gasteiger partial charge in [-0.1, -0.05) is 12.1 Å². The summed E-state index contributed by atoms with van der Waals surface area (Å²) >= 11 is 4.49. The fraction of sp³-hybridized carbons (Fsp3) is 0.105. The lowest BCUT2D eigenvalue weighted by molar-refractivity contribution is -0.115. The van der Waals surface area contributed by atoms with Gasteiger partial charge < -0.3 is 14.8 Å². The number of carbonyl (C=O) groups excluding carboxylic acids is 1. The summed E-state index contributed by atoms with van der Waals surface area (Å²) in [6.45, 7) is -0.122. The van der Waals surface area contributed by atoms with E-state index in [-0.39, 0.29) is 18.2 Å².